The smallest absolute Gasteiger partial charge is 0.252 e. The number of carbonyl (C=O) groups is 1. The van der Waals surface area contributed by atoms with E-state index in [2.05, 4.69) is 4.98 Å². The van der Waals surface area contributed by atoms with Gasteiger partial charge in [0.25, 0.3) is 5.91 Å². The highest BCUT2D eigenvalue weighted by molar-refractivity contribution is 6.03. The van der Waals surface area contributed by atoms with Crippen LogP contribution in [0, 0.1) is 6.92 Å². The minimum Gasteiger partial charge on any atom is -0.289 e. The van der Waals surface area contributed by atoms with Crippen LogP contribution < -0.4 is 4.90 Å². The van der Waals surface area contributed by atoms with Gasteiger partial charge >= 0.3 is 0 Å². The van der Waals surface area contributed by atoms with Crippen molar-refractivity contribution in [2.75, 3.05) is 4.90 Å². The molecule has 3 heteroatoms. The van der Waals surface area contributed by atoms with E-state index in [4.69, 9.17) is 0 Å². The Morgan fingerprint density at radius 2 is 1.68 bits per heavy atom. The predicted octanol–water partition coefficient (Wildman–Crippen LogP) is 4.64. The lowest BCUT2D eigenvalue weighted by Gasteiger charge is -2.20. The first-order chi connectivity index (χ1) is 12.2. The molecule has 0 unspecified atom stereocenters. The summed E-state index contributed by atoms with van der Waals surface area (Å²) >= 11 is 0. The molecule has 0 aliphatic rings. The van der Waals surface area contributed by atoms with Gasteiger partial charge in [0.15, 0.2) is 0 Å². The summed E-state index contributed by atoms with van der Waals surface area (Å²) in [5, 5.41) is 0. The average molecular weight is 328 g/mol. The monoisotopic (exact) mass is 328 g/mol. The molecule has 0 spiro atoms. The van der Waals surface area contributed by atoms with Gasteiger partial charge < -0.3 is 0 Å². The lowest BCUT2D eigenvalue weighted by molar-refractivity contribution is -0.114. The zero-order valence-electron chi connectivity index (χ0n) is 14.2. The standard InChI is InChI=1S/C22H20N2O/c1-18-10-12-19(13-11-18)14-15-22(25)24(21-9-5-6-16-23-21)17-20-7-3-2-4-8-20/h2-16H,17H2,1H3. The first-order valence-corrected chi connectivity index (χ1v) is 8.23. The summed E-state index contributed by atoms with van der Waals surface area (Å²) in [5.74, 6) is 0.549. The van der Waals surface area contributed by atoms with Gasteiger partial charge in [-0.25, -0.2) is 4.98 Å². The van der Waals surface area contributed by atoms with Crippen molar-refractivity contribution >= 4 is 17.8 Å². The second-order valence-corrected chi connectivity index (χ2v) is 5.84. The molecule has 3 nitrogen and oxygen atoms in total. The topological polar surface area (TPSA) is 33.2 Å². The Hall–Kier alpha value is -3.20. The number of hydrogen-bond donors (Lipinski definition) is 0. The molecule has 1 amide bonds. The van der Waals surface area contributed by atoms with Gasteiger partial charge in [-0.3, -0.25) is 9.69 Å². The summed E-state index contributed by atoms with van der Waals surface area (Å²) in [6, 6.07) is 23.6. The lowest BCUT2D eigenvalue weighted by atomic mass is 10.1. The molecule has 0 aliphatic carbocycles. The second-order valence-electron chi connectivity index (χ2n) is 5.84. The second kappa shape index (κ2) is 8.06. The van der Waals surface area contributed by atoms with E-state index in [1.54, 1.807) is 17.2 Å². The van der Waals surface area contributed by atoms with Crippen molar-refractivity contribution in [3.8, 4) is 0 Å². The first kappa shape index (κ1) is 16.7. The lowest BCUT2D eigenvalue weighted by Crippen LogP contribution is -2.29. The molecular formula is C22H20N2O. The van der Waals surface area contributed by atoms with E-state index in [1.165, 1.54) is 5.56 Å². The molecule has 0 saturated carbocycles. The largest absolute Gasteiger partial charge is 0.289 e. The number of pyridine rings is 1. The summed E-state index contributed by atoms with van der Waals surface area (Å²) in [4.78, 5) is 18.8. The molecule has 0 N–H and O–H groups in total. The van der Waals surface area contributed by atoms with Crippen molar-refractivity contribution < 1.29 is 4.79 Å². The third-order valence-electron chi connectivity index (χ3n) is 3.87. The van der Waals surface area contributed by atoms with Gasteiger partial charge in [0, 0.05) is 12.3 Å². The minimum atomic E-state index is -0.0943. The van der Waals surface area contributed by atoms with Gasteiger partial charge in [0.05, 0.1) is 6.54 Å². The maximum absolute atomic E-state index is 12.8. The highest BCUT2D eigenvalue weighted by Gasteiger charge is 2.14. The Morgan fingerprint density at radius 1 is 0.960 bits per heavy atom. The number of rotatable bonds is 5. The molecule has 0 radical (unpaired) electrons. The first-order valence-electron chi connectivity index (χ1n) is 8.23. The Bertz CT molecular complexity index is 840. The van der Waals surface area contributed by atoms with Crippen LogP contribution in [0.15, 0.2) is 85.1 Å². The molecule has 25 heavy (non-hydrogen) atoms. The number of carbonyl (C=O) groups excluding carboxylic acids is 1. The van der Waals surface area contributed by atoms with E-state index >= 15 is 0 Å². The molecular weight excluding hydrogens is 308 g/mol. The molecule has 0 saturated heterocycles. The van der Waals surface area contributed by atoms with E-state index in [0.717, 1.165) is 11.1 Å². The number of nitrogens with zero attached hydrogens (tertiary/aromatic N) is 2. The van der Waals surface area contributed by atoms with Crippen LogP contribution in [-0.2, 0) is 11.3 Å². The third kappa shape index (κ3) is 4.64. The van der Waals surface area contributed by atoms with Crippen LogP contribution in [0.25, 0.3) is 6.08 Å². The number of amides is 1. The van der Waals surface area contributed by atoms with Crippen LogP contribution >= 0.6 is 0 Å². The Kier molecular flexibility index (Phi) is 5.37. The Balaban J connectivity index is 1.83. The summed E-state index contributed by atoms with van der Waals surface area (Å²) in [5.41, 5.74) is 3.26. The third-order valence-corrected chi connectivity index (χ3v) is 3.87. The summed E-state index contributed by atoms with van der Waals surface area (Å²) < 4.78 is 0. The van der Waals surface area contributed by atoms with Gasteiger partial charge in [0.1, 0.15) is 5.82 Å². The normalized spacial score (nSPS) is 10.8. The molecule has 3 aromatic rings. The highest BCUT2D eigenvalue weighted by atomic mass is 16.2. The predicted molar refractivity (Wildman–Crippen MR) is 102 cm³/mol. The number of anilines is 1. The fraction of sp³-hybridized carbons (Fsp3) is 0.0909. The van der Waals surface area contributed by atoms with Gasteiger partial charge in [-0.2, -0.15) is 0 Å². The molecule has 0 fully saturated rings. The van der Waals surface area contributed by atoms with Crippen LogP contribution in [0.2, 0.25) is 0 Å². The van der Waals surface area contributed by atoms with Crippen molar-refractivity contribution in [3.05, 3.63) is 102 Å². The summed E-state index contributed by atoms with van der Waals surface area (Å²) in [7, 11) is 0. The summed E-state index contributed by atoms with van der Waals surface area (Å²) in [6.45, 7) is 2.52. The molecule has 2 aromatic carbocycles. The van der Waals surface area contributed by atoms with Crippen molar-refractivity contribution in [3.63, 3.8) is 0 Å². The van der Waals surface area contributed by atoms with Crippen LogP contribution in [0.5, 0.6) is 0 Å². The van der Waals surface area contributed by atoms with Crippen molar-refractivity contribution in [1.29, 1.82) is 0 Å². The maximum Gasteiger partial charge on any atom is 0.252 e. The van der Waals surface area contributed by atoms with Crippen molar-refractivity contribution in [1.82, 2.24) is 4.98 Å². The van der Waals surface area contributed by atoms with E-state index < -0.39 is 0 Å². The Morgan fingerprint density at radius 3 is 2.36 bits per heavy atom. The zero-order chi connectivity index (χ0) is 17.5. The average Bonchev–Trinajstić information content (AvgIpc) is 2.67. The Labute approximate surface area is 148 Å². The summed E-state index contributed by atoms with van der Waals surface area (Å²) in [6.07, 6.45) is 5.13. The molecule has 0 aliphatic heterocycles. The maximum atomic E-state index is 12.8. The number of hydrogen-bond acceptors (Lipinski definition) is 2. The number of benzene rings is 2. The quantitative estimate of drug-likeness (QED) is 0.639. The van der Waals surface area contributed by atoms with Crippen LogP contribution in [0.1, 0.15) is 16.7 Å². The molecule has 1 aromatic heterocycles. The fourth-order valence-electron chi connectivity index (χ4n) is 2.49. The van der Waals surface area contributed by atoms with Gasteiger partial charge in [-0.1, -0.05) is 66.2 Å². The van der Waals surface area contributed by atoms with Crippen LogP contribution in [0.3, 0.4) is 0 Å². The van der Waals surface area contributed by atoms with E-state index in [-0.39, 0.29) is 5.91 Å². The molecule has 3 rings (SSSR count). The van der Waals surface area contributed by atoms with Crippen LogP contribution in [-0.4, -0.2) is 10.9 Å². The van der Waals surface area contributed by atoms with E-state index in [9.17, 15) is 4.79 Å². The van der Waals surface area contributed by atoms with E-state index in [1.807, 2.05) is 85.8 Å². The van der Waals surface area contributed by atoms with Crippen molar-refractivity contribution in [2.45, 2.75) is 13.5 Å². The van der Waals surface area contributed by atoms with E-state index in [0.29, 0.717) is 12.4 Å². The molecule has 0 bridgehead atoms. The van der Waals surface area contributed by atoms with Crippen LogP contribution in [0.4, 0.5) is 5.82 Å². The van der Waals surface area contributed by atoms with Gasteiger partial charge in [0.2, 0.25) is 0 Å². The molecule has 1 heterocycles. The molecule has 0 atom stereocenters. The number of aryl methyl sites for hydroxylation is 1. The van der Waals surface area contributed by atoms with Gasteiger partial charge in [-0.05, 0) is 36.3 Å². The van der Waals surface area contributed by atoms with Crippen molar-refractivity contribution in [2.24, 2.45) is 0 Å². The zero-order valence-corrected chi connectivity index (χ0v) is 14.2. The molecule has 124 valence electrons. The number of aromatic nitrogens is 1. The SMILES string of the molecule is Cc1ccc(C=CC(=O)N(Cc2ccccc2)c2ccccn2)cc1. The van der Waals surface area contributed by atoms with Gasteiger partial charge in [-0.15, -0.1) is 0 Å². The minimum absolute atomic E-state index is 0.0943. The highest BCUT2D eigenvalue weighted by Crippen LogP contribution is 2.15. The fourth-order valence-corrected chi connectivity index (χ4v) is 2.49.